The molecule has 1 aromatic rings. The summed E-state index contributed by atoms with van der Waals surface area (Å²) < 4.78 is 1.70. The quantitative estimate of drug-likeness (QED) is 0.685. The van der Waals surface area contributed by atoms with Crippen LogP contribution < -0.4 is 5.32 Å². The third-order valence-electron chi connectivity index (χ3n) is 1.72. The Morgan fingerprint density at radius 1 is 1.71 bits per heavy atom. The number of aromatic nitrogens is 2. The molecule has 1 amide bonds. The summed E-state index contributed by atoms with van der Waals surface area (Å²) in [5, 5.41) is 15.5. The fraction of sp³-hybridized carbons (Fsp3) is 0.556. The lowest BCUT2D eigenvalue weighted by Crippen LogP contribution is -2.31. The van der Waals surface area contributed by atoms with E-state index in [9.17, 15) is 4.79 Å². The number of nitrogens with one attached hydrogen (secondary N) is 1. The van der Waals surface area contributed by atoms with Gasteiger partial charge in [0.2, 0.25) is 5.91 Å². The summed E-state index contributed by atoms with van der Waals surface area (Å²) in [6, 6.07) is 1.81. The molecule has 78 valence electrons. The summed E-state index contributed by atoms with van der Waals surface area (Å²) >= 11 is 0. The van der Waals surface area contributed by atoms with Crippen LogP contribution in [0.25, 0.3) is 0 Å². The fourth-order valence-electron chi connectivity index (χ4n) is 0.999. The van der Waals surface area contributed by atoms with Crippen molar-refractivity contribution >= 4 is 5.91 Å². The average Bonchev–Trinajstić information content (AvgIpc) is 2.63. The Morgan fingerprint density at radius 3 is 3.07 bits per heavy atom. The van der Waals surface area contributed by atoms with Crippen molar-refractivity contribution in [2.24, 2.45) is 0 Å². The molecule has 1 heterocycles. The van der Waals surface area contributed by atoms with E-state index in [1.54, 1.807) is 17.8 Å². The van der Waals surface area contributed by atoms with Crippen molar-refractivity contribution in [2.45, 2.75) is 26.0 Å². The van der Waals surface area contributed by atoms with Gasteiger partial charge in [-0.05, 0) is 13.0 Å². The average molecular weight is 197 g/mol. The Balaban J connectivity index is 2.15. The van der Waals surface area contributed by atoms with E-state index in [1.165, 1.54) is 0 Å². The van der Waals surface area contributed by atoms with Crippen molar-refractivity contribution in [3.05, 3.63) is 18.5 Å². The Bertz CT molecular complexity index is 270. The van der Waals surface area contributed by atoms with E-state index in [-0.39, 0.29) is 5.91 Å². The van der Waals surface area contributed by atoms with Crippen molar-refractivity contribution in [2.75, 3.05) is 6.54 Å². The van der Waals surface area contributed by atoms with E-state index in [0.29, 0.717) is 19.5 Å². The lowest BCUT2D eigenvalue weighted by atomic mass is 10.3. The third-order valence-corrected chi connectivity index (χ3v) is 1.72. The van der Waals surface area contributed by atoms with Gasteiger partial charge in [0.1, 0.15) is 0 Å². The number of aliphatic hydroxyl groups excluding tert-OH is 1. The Kier molecular flexibility index (Phi) is 4.12. The lowest BCUT2D eigenvalue weighted by Gasteiger charge is -2.06. The molecule has 5 nitrogen and oxygen atoms in total. The third kappa shape index (κ3) is 4.04. The highest BCUT2D eigenvalue weighted by atomic mass is 16.3. The zero-order chi connectivity index (χ0) is 10.4. The molecular weight excluding hydrogens is 182 g/mol. The van der Waals surface area contributed by atoms with E-state index < -0.39 is 6.10 Å². The summed E-state index contributed by atoms with van der Waals surface area (Å²) in [5.41, 5.74) is 0. The zero-order valence-corrected chi connectivity index (χ0v) is 8.18. The van der Waals surface area contributed by atoms with E-state index >= 15 is 0 Å². The second-order valence-electron chi connectivity index (χ2n) is 3.17. The van der Waals surface area contributed by atoms with Crippen LogP contribution in [-0.2, 0) is 11.3 Å². The van der Waals surface area contributed by atoms with Gasteiger partial charge in [-0.1, -0.05) is 0 Å². The highest BCUT2D eigenvalue weighted by molar-refractivity contribution is 5.75. The molecule has 0 unspecified atom stereocenters. The highest BCUT2D eigenvalue weighted by Gasteiger charge is 2.02. The first-order valence-corrected chi connectivity index (χ1v) is 4.60. The molecule has 1 aromatic heterocycles. The zero-order valence-electron chi connectivity index (χ0n) is 8.18. The first-order valence-electron chi connectivity index (χ1n) is 4.60. The molecule has 0 aliphatic rings. The molecule has 0 spiro atoms. The molecule has 0 saturated heterocycles. The first-order chi connectivity index (χ1) is 6.68. The molecule has 5 heteroatoms. The number of aliphatic hydroxyl groups is 1. The summed E-state index contributed by atoms with van der Waals surface area (Å²) in [6.07, 6.45) is 3.37. The van der Waals surface area contributed by atoms with Gasteiger partial charge in [-0.2, -0.15) is 5.10 Å². The largest absolute Gasteiger partial charge is 0.392 e. The number of aryl methyl sites for hydroxylation is 1. The van der Waals surface area contributed by atoms with Crippen LogP contribution in [0.3, 0.4) is 0 Å². The van der Waals surface area contributed by atoms with Gasteiger partial charge in [0.15, 0.2) is 0 Å². The van der Waals surface area contributed by atoms with Crippen LogP contribution in [-0.4, -0.2) is 33.4 Å². The monoisotopic (exact) mass is 197 g/mol. The van der Waals surface area contributed by atoms with Gasteiger partial charge in [0.05, 0.1) is 6.10 Å². The molecule has 1 atom stereocenters. The molecular formula is C9H15N3O2. The maximum Gasteiger partial charge on any atom is 0.221 e. The predicted octanol–water partition coefficient (Wildman–Crippen LogP) is -0.230. The summed E-state index contributed by atoms with van der Waals surface area (Å²) in [6.45, 7) is 2.50. The minimum absolute atomic E-state index is 0.0681. The van der Waals surface area contributed by atoms with Crippen LogP contribution >= 0.6 is 0 Å². The smallest absolute Gasteiger partial charge is 0.221 e. The Hall–Kier alpha value is -1.36. The standard InChI is InChI=1S/C9H15N3O2/c1-8(13)7-10-9(14)3-6-12-5-2-4-11-12/h2,4-5,8,13H,3,6-7H2,1H3,(H,10,14)/t8-/m1/s1. The van der Waals surface area contributed by atoms with Crippen LogP contribution in [0.5, 0.6) is 0 Å². The molecule has 14 heavy (non-hydrogen) atoms. The molecule has 0 bridgehead atoms. The first kappa shape index (κ1) is 10.7. The van der Waals surface area contributed by atoms with E-state index in [0.717, 1.165) is 0 Å². The van der Waals surface area contributed by atoms with Gasteiger partial charge in [-0.15, -0.1) is 0 Å². The Morgan fingerprint density at radius 2 is 2.50 bits per heavy atom. The summed E-state index contributed by atoms with van der Waals surface area (Å²) in [4.78, 5) is 11.2. The summed E-state index contributed by atoms with van der Waals surface area (Å²) in [5.74, 6) is -0.0681. The number of carbonyl (C=O) groups is 1. The van der Waals surface area contributed by atoms with Crippen molar-refractivity contribution in [3.63, 3.8) is 0 Å². The minimum atomic E-state index is -0.497. The minimum Gasteiger partial charge on any atom is -0.392 e. The number of amides is 1. The highest BCUT2D eigenvalue weighted by Crippen LogP contribution is 1.89. The van der Waals surface area contributed by atoms with Crippen LogP contribution in [0.4, 0.5) is 0 Å². The maximum absolute atomic E-state index is 11.2. The molecule has 0 fully saturated rings. The van der Waals surface area contributed by atoms with Crippen molar-refractivity contribution in [1.29, 1.82) is 0 Å². The van der Waals surface area contributed by atoms with Crippen LogP contribution in [0.15, 0.2) is 18.5 Å². The molecule has 0 saturated carbocycles. The molecule has 0 aliphatic carbocycles. The number of carbonyl (C=O) groups excluding carboxylic acids is 1. The van der Waals surface area contributed by atoms with Crippen LogP contribution in [0.1, 0.15) is 13.3 Å². The van der Waals surface area contributed by atoms with Gasteiger partial charge in [-0.25, -0.2) is 0 Å². The summed E-state index contributed by atoms with van der Waals surface area (Å²) in [7, 11) is 0. The van der Waals surface area contributed by atoms with Gasteiger partial charge < -0.3 is 10.4 Å². The van der Waals surface area contributed by atoms with Crippen molar-refractivity contribution in [3.8, 4) is 0 Å². The van der Waals surface area contributed by atoms with Gasteiger partial charge in [0, 0.05) is 31.9 Å². The lowest BCUT2D eigenvalue weighted by molar-refractivity contribution is -0.121. The predicted molar refractivity (Wildman–Crippen MR) is 51.5 cm³/mol. The topological polar surface area (TPSA) is 67.2 Å². The molecule has 0 radical (unpaired) electrons. The van der Waals surface area contributed by atoms with Crippen LogP contribution in [0.2, 0.25) is 0 Å². The number of hydrogen-bond donors (Lipinski definition) is 2. The molecule has 2 N–H and O–H groups in total. The van der Waals surface area contributed by atoms with Gasteiger partial charge >= 0.3 is 0 Å². The molecule has 1 rings (SSSR count). The number of rotatable bonds is 5. The second kappa shape index (κ2) is 5.39. The molecule has 0 aromatic carbocycles. The van der Waals surface area contributed by atoms with Crippen molar-refractivity contribution < 1.29 is 9.90 Å². The maximum atomic E-state index is 11.2. The van der Waals surface area contributed by atoms with E-state index in [2.05, 4.69) is 10.4 Å². The fourth-order valence-corrected chi connectivity index (χ4v) is 0.999. The molecule has 0 aliphatic heterocycles. The van der Waals surface area contributed by atoms with Gasteiger partial charge in [-0.3, -0.25) is 9.48 Å². The number of hydrogen-bond acceptors (Lipinski definition) is 3. The van der Waals surface area contributed by atoms with Crippen LogP contribution in [0, 0.1) is 0 Å². The normalized spacial score (nSPS) is 12.4. The Labute approximate surface area is 82.7 Å². The SMILES string of the molecule is C[C@@H](O)CNC(=O)CCn1cccn1. The van der Waals surface area contributed by atoms with E-state index in [1.807, 2.05) is 12.3 Å². The van der Waals surface area contributed by atoms with Gasteiger partial charge in [0.25, 0.3) is 0 Å². The van der Waals surface area contributed by atoms with E-state index in [4.69, 9.17) is 5.11 Å². The number of nitrogens with zero attached hydrogens (tertiary/aromatic N) is 2. The second-order valence-corrected chi connectivity index (χ2v) is 3.17. The van der Waals surface area contributed by atoms with Crippen molar-refractivity contribution in [1.82, 2.24) is 15.1 Å².